The van der Waals surface area contributed by atoms with Gasteiger partial charge in [0.05, 0.1) is 6.61 Å². The Bertz CT molecular complexity index is 604. The molecule has 2 N–H and O–H groups in total. The normalized spacial score (nSPS) is 12.0. The average molecular weight is 288 g/mol. The van der Waals surface area contributed by atoms with E-state index in [1.54, 1.807) is 0 Å². The SMILES string of the molecule is CCOc1nc(N)nc(Oc2ccccc2C(C)CC)n1. The van der Waals surface area contributed by atoms with Crippen molar-refractivity contribution in [1.82, 2.24) is 15.0 Å². The summed E-state index contributed by atoms with van der Waals surface area (Å²) < 4.78 is 11.0. The largest absolute Gasteiger partial charge is 0.464 e. The Kier molecular flexibility index (Phi) is 4.92. The van der Waals surface area contributed by atoms with E-state index in [9.17, 15) is 0 Å². The van der Waals surface area contributed by atoms with Crippen LogP contribution in [0.5, 0.6) is 17.8 Å². The molecule has 21 heavy (non-hydrogen) atoms. The first-order valence-electron chi connectivity index (χ1n) is 7.05. The molecule has 1 aromatic heterocycles. The molecule has 1 heterocycles. The van der Waals surface area contributed by atoms with E-state index >= 15 is 0 Å². The van der Waals surface area contributed by atoms with Gasteiger partial charge in [0.15, 0.2) is 0 Å². The molecule has 1 atom stereocenters. The molecule has 0 saturated heterocycles. The fourth-order valence-electron chi connectivity index (χ4n) is 1.89. The van der Waals surface area contributed by atoms with Gasteiger partial charge in [0.2, 0.25) is 5.95 Å². The second kappa shape index (κ2) is 6.88. The summed E-state index contributed by atoms with van der Waals surface area (Å²) in [4.78, 5) is 12.0. The zero-order valence-electron chi connectivity index (χ0n) is 12.5. The Morgan fingerprint density at radius 1 is 1.10 bits per heavy atom. The van der Waals surface area contributed by atoms with Gasteiger partial charge in [-0.15, -0.1) is 4.98 Å². The van der Waals surface area contributed by atoms with Gasteiger partial charge in [-0.2, -0.15) is 9.97 Å². The van der Waals surface area contributed by atoms with E-state index in [0.717, 1.165) is 17.7 Å². The van der Waals surface area contributed by atoms with Gasteiger partial charge in [-0.25, -0.2) is 0 Å². The molecule has 0 aliphatic rings. The van der Waals surface area contributed by atoms with E-state index in [1.807, 2.05) is 31.2 Å². The Hall–Kier alpha value is -2.37. The first-order chi connectivity index (χ1) is 10.1. The number of ether oxygens (including phenoxy) is 2. The third kappa shape index (κ3) is 3.81. The third-order valence-corrected chi connectivity index (χ3v) is 3.15. The van der Waals surface area contributed by atoms with Gasteiger partial charge in [-0.05, 0) is 30.9 Å². The number of rotatable bonds is 6. The van der Waals surface area contributed by atoms with Crippen LogP contribution in [0, 0.1) is 0 Å². The van der Waals surface area contributed by atoms with Gasteiger partial charge in [-0.3, -0.25) is 0 Å². The van der Waals surface area contributed by atoms with E-state index in [2.05, 4.69) is 28.8 Å². The van der Waals surface area contributed by atoms with E-state index < -0.39 is 0 Å². The summed E-state index contributed by atoms with van der Waals surface area (Å²) in [5.74, 6) is 1.18. The molecule has 0 bridgehead atoms. The van der Waals surface area contributed by atoms with Crippen molar-refractivity contribution in [1.29, 1.82) is 0 Å². The molecular weight excluding hydrogens is 268 g/mol. The average Bonchev–Trinajstić information content (AvgIpc) is 2.47. The summed E-state index contributed by atoms with van der Waals surface area (Å²) in [6.07, 6.45) is 1.02. The Labute approximate surface area is 124 Å². The number of para-hydroxylation sites is 1. The number of nitrogen functional groups attached to an aromatic ring is 1. The molecule has 0 radical (unpaired) electrons. The number of benzene rings is 1. The minimum absolute atomic E-state index is 0.0736. The summed E-state index contributed by atoms with van der Waals surface area (Å²) in [6, 6.07) is 8.14. The van der Waals surface area contributed by atoms with Crippen molar-refractivity contribution in [2.45, 2.75) is 33.1 Å². The van der Waals surface area contributed by atoms with E-state index in [0.29, 0.717) is 12.5 Å². The van der Waals surface area contributed by atoms with Gasteiger partial charge in [0.25, 0.3) is 0 Å². The molecule has 2 rings (SSSR count). The van der Waals surface area contributed by atoms with Crippen LogP contribution in [0.2, 0.25) is 0 Å². The van der Waals surface area contributed by atoms with Gasteiger partial charge >= 0.3 is 12.0 Å². The molecule has 2 aromatic rings. The summed E-state index contributed by atoms with van der Waals surface area (Å²) in [5, 5.41) is 0. The molecule has 112 valence electrons. The lowest BCUT2D eigenvalue weighted by atomic mass is 9.98. The number of hydrogen-bond acceptors (Lipinski definition) is 6. The molecular formula is C15H20N4O2. The summed E-state index contributed by atoms with van der Waals surface area (Å²) in [5.41, 5.74) is 6.75. The van der Waals surface area contributed by atoms with Gasteiger partial charge in [0, 0.05) is 0 Å². The Morgan fingerprint density at radius 2 is 1.81 bits per heavy atom. The molecule has 0 aliphatic heterocycles. The highest BCUT2D eigenvalue weighted by Crippen LogP contribution is 2.31. The van der Waals surface area contributed by atoms with Crippen molar-refractivity contribution < 1.29 is 9.47 Å². The van der Waals surface area contributed by atoms with Crippen LogP contribution in [0.1, 0.15) is 38.7 Å². The van der Waals surface area contributed by atoms with Crippen molar-refractivity contribution in [2.75, 3.05) is 12.3 Å². The molecule has 0 aliphatic carbocycles. The maximum Gasteiger partial charge on any atom is 0.330 e. The number of nitrogens with two attached hydrogens (primary N) is 1. The van der Waals surface area contributed by atoms with Crippen LogP contribution < -0.4 is 15.2 Å². The standard InChI is InChI=1S/C15H20N4O2/c1-4-10(3)11-8-6-7-9-12(11)21-15-18-13(16)17-14(19-15)20-5-2/h6-10H,4-5H2,1-3H3,(H2,16,17,18,19). The summed E-state index contributed by atoms with van der Waals surface area (Å²) in [7, 11) is 0. The Morgan fingerprint density at radius 3 is 2.52 bits per heavy atom. The summed E-state index contributed by atoms with van der Waals surface area (Å²) >= 11 is 0. The molecule has 1 aromatic carbocycles. The predicted octanol–water partition coefficient (Wildman–Crippen LogP) is 3.16. The smallest absolute Gasteiger partial charge is 0.330 e. The zero-order chi connectivity index (χ0) is 15.2. The highest BCUT2D eigenvalue weighted by molar-refractivity contribution is 5.38. The van der Waals surface area contributed by atoms with Crippen LogP contribution in [0.3, 0.4) is 0 Å². The van der Waals surface area contributed by atoms with E-state index in [-0.39, 0.29) is 18.0 Å². The highest BCUT2D eigenvalue weighted by atomic mass is 16.5. The predicted molar refractivity (Wildman–Crippen MR) is 80.6 cm³/mol. The molecule has 0 saturated carbocycles. The second-order valence-corrected chi connectivity index (χ2v) is 4.64. The Balaban J connectivity index is 2.30. The van der Waals surface area contributed by atoms with Crippen LogP contribution >= 0.6 is 0 Å². The number of nitrogens with zero attached hydrogens (tertiary/aromatic N) is 3. The van der Waals surface area contributed by atoms with E-state index in [1.165, 1.54) is 0 Å². The lowest BCUT2D eigenvalue weighted by Gasteiger charge is -2.14. The maximum atomic E-state index is 5.78. The minimum atomic E-state index is 0.0736. The first-order valence-corrected chi connectivity index (χ1v) is 7.05. The van der Waals surface area contributed by atoms with Crippen LogP contribution in [0.4, 0.5) is 5.95 Å². The molecule has 6 heteroatoms. The van der Waals surface area contributed by atoms with Crippen molar-refractivity contribution in [2.24, 2.45) is 0 Å². The van der Waals surface area contributed by atoms with Gasteiger partial charge in [0.1, 0.15) is 5.75 Å². The molecule has 1 unspecified atom stereocenters. The second-order valence-electron chi connectivity index (χ2n) is 4.64. The van der Waals surface area contributed by atoms with Crippen molar-refractivity contribution in [3.05, 3.63) is 29.8 Å². The van der Waals surface area contributed by atoms with Crippen molar-refractivity contribution >= 4 is 5.95 Å². The fourth-order valence-corrected chi connectivity index (χ4v) is 1.89. The lowest BCUT2D eigenvalue weighted by molar-refractivity contribution is 0.303. The first kappa shape index (κ1) is 15.0. The number of aromatic nitrogens is 3. The fraction of sp³-hybridized carbons (Fsp3) is 0.400. The highest BCUT2D eigenvalue weighted by Gasteiger charge is 2.13. The van der Waals surface area contributed by atoms with Gasteiger partial charge < -0.3 is 15.2 Å². The van der Waals surface area contributed by atoms with E-state index in [4.69, 9.17) is 15.2 Å². The molecule has 0 amide bonds. The molecule has 6 nitrogen and oxygen atoms in total. The van der Waals surface area contributed by atoms with Crippen LogP contribution in [0.25, 0.3) is 0 Å². The van der Waals surface area contributed by atoms with Crippen molar-refractivity contribution in [3.8, 4) is 17.8 Å². The number of hydrogen-bond donors (Lipinski definition) is 1. The summed E-state index contributed by atoms with van der Waals surface area (Å²) in [6.45, 7) is 6.58. The zero-order valence-corrected chi connectivity index (χ0v) is 12.5. The quantitative estimate of drug-likeness (QED) is 0.879. The monoisotopic (exact) mass is 288 g/mol. The van der Waals surface area contributed by atoms with Crippen LogP contribution in [-0.4, -0.2) is 21.6 Å². The van der Waals surface area contributed by atoms with Crippen molar-refractivity contribution in [3.63, 3.8) is 0 Å². The number of anilines is 1. The molecule has 0 fully saturated rings. The maximum absolute atomic E-state index is 5.78. The van der Waals surface area contributed by atoms with Crippen LogP contribution in [0.15, 0.2) is 24.3 Å². The molecule has 0 spiro atoms. The topological polar surface area (TPSA) is 83.2 Å². The van der Waals surface area contributed by atoms with Gasteiger partial charge in [-0.1, -0.05) is 32.0 Å². The van der Waals surface area contributed by atoms with Crippen LogP contribution in [-0.2, 0) is 0 Å². The minimum Gasteiger partial charge on any atom is -0.464 e. The third-order valence-electron chi connectivity index (χ3n) is 3.15. The lowest BCUT2D eigenvalue weighted by Crippen LogP contribution is -2.05.